The minimum Gasteiger partial charge on any atom is -0.463 e. The van der Waals surface area contributed by atoms with Crippen LogP contribution in [0.2, 0.25) is 0 Å². The Kier molecular flexibility index (Phi) is 8.26. The normalized spacial score (nSPS) is 10.2. The Bertz CT molecular complexity index is 324. The molecule has 0 rings (SSSR count). The molecule has 6 heteroatoms. The summed E-state index contributed by atoms with van der Waals surface area (Å²) < 4.78 is 9.40. The largest absolute Gasteiger partial charge is 0.463 e. The van der Waals surface area contributed by atoms with Crippen molar-refractivity contribution in [1.29, 1.82) is 0 Å². The molecule has 0 saturated carbocycles. The maximum absolute atomic E-state index is 11.2. The van der Waals surface area contributed by atoms with E-state index in [1.54, 1.807) is 20.9 Å². The third-order valence-electron chi connectivity index (χ3n) is 2.04. The van der Waals surface area contributed by atoms with Crippen LogP contribution in [-0.4, -0.2) is 49.6 Å². The summed E-state index contributed by atoms with van der Waals surface area (Å²) in [5, 5.41) is 0. The molecule has 0 spiro atoms. The molecule has 0 heterocycles. The van der Waals surface area contributed by atoms with Crippen LogP contribution in [0.3, 0.4) is 0 Å². The van der Waals surface area contributed by atoms with Crippen LogP contribution < -0.4 is 0 Å². The highest BCUT2D eigenvalue weighted by Gasteiger charge is 2.06. The van der Waals surface area contributed by atoms with Crippen molar-refractivity contribution in [3.05, 3.63) is 12.2 Å². The molecule has 18 heavy (non-hydrogen) atoms. The maximum Gasteiger partial charge on any atom is 0.331 e. The van der Waals surface area contributed by atoms with Gasteiger partial charge in [-0.1, -0.05) is 6.92 Å². The van der Waals surface area contributed by atoms with E-state index in [9.17, 15) is 14.4 Å². The van der Waals surface area contributed by atoms with Gasteiger partial charge in [0.15, 0.2) is 0 Å². The molecule has 0 aromatic heterocycles. The lowest BCUT2D eigenvalue weighted by Crippen LogP contribution is -2.29. The number of likely N-dealkylation sites (N-methyl/N-ethyl adjacent to an activating group) is 1. The van der Waals surface area contributed by atoms with E-state index in [-0.39, 0.29) is 19.1 Å². The van der Waals surface area contributed by atoms with Crippen molar-refractivity contribution in [3.8, 4) is 0 Å². The predicted octanol–water partition coefficient (Wildman–Crippen LogP) is 0.517. The molecule has 0 fully saturated rings. The fourth-order valence-electron chi connectivity index (χ4n) is 1.05. The van der Waals surface area contributed by atoms with E-state index >= 15 is 0 Å². The van der Waals surface area contributed by atoms with Gasteiger partial charge in [0.1, 0.15) is 6.61 Å². The standard InChI is InChI=1S/C12H19NO5/c1-4-10(14)13(3)8-9-18-12(16)7-6-11(15)17-5-2/h6-7H,4-5,8-9H2,1-3H3/b7-6+. The predicted molar refractivity (Wildman–Crippen MR) is 64.7 cm³/mol. The number of amides is 1. The van der Waals surface area contributed by atoms with Crippen molar-refractivity contribution < 1.29 is 23.9 Å². The van der Waals surface area contributed by atoms with Gasteiger partial charge in [-0.2, -0.15) is 0 Å². The number of nitrogens with zero attached hydrogens (tertiary/aromatic N) is 1. The molecular formula is C12H19NO5. The summed E-state index contributed by atoms with van der Waals surface area (Å²) in [5.74, 6) is -1.25. The van der Waals surface area contributed by atoms with Crippen LogP contribution in [0.4, 0.5) is 0 Å². The number of hydrogen-bond donors (Lipinski definition) is 0. The molecule has 0 aromatic rings. The number of hydrogen-bond acceptors (Lipinski definition) is 5. The zero-order chi connectivity index (χ0) is 14.0. The van der Waals surface area contributed by atoms with Gasteiger partial charge in [-0.05, 0) is 6.92 Å². The molecule has 1 amide bonds. The molecule has 0 aliphatic carbocycles. The Morgan fingerprint density at radius 2 is 1.61 bits per heavy atom. The molecule has 0 aromatic carbocycles. The summed E-state index contributed by atoms with van der Waals surface area (Å²) >= 11 is 0. The van der Waals surface area contributed by atoms with Gasteiger partial charge in [0.25, 0.3) is 0 Å². The second kappa shape index (κ2) is 9.21. The first-order chi connectivity index (χ1) is 8.51. The Morgan fingerprint density at radius 1 is 1.06 bits per heavy atom. The van der Waals surface area contributed by atoms with Crippen molar-refractivity contribution in [1.82, 2.24) is 4.90 Å². The van der Waals surface area contributed by atoms with Crippen molar-refractivity contribution >= 4 is 17.8 Å². The topological polar surface area (TPSA) is 72.9 Å². The SMILES string of the molecule is CCOC(=O)/C=C/C(=O)OCCN(C)C(=O)CC. The zero-order valence-electron chi connectivity index (χ0n) is 11.0. The molecular weight excluding hydrogens is 238 g/mol. The van der Waals surface area contributed by atoms with Gasteiger partial charge in [0.05, 0.1) is 13.2 Å². The molecule has 0 aliphatic heterocycles. The highest BCUT2D eigenvalue weighted by molar-refractivity contribution is 5.91. The Hall–Kier alpha value is -1.85. The Labute approximate surface area is 107 Å². The van der Waals surface area contributed by atoms with E-state index in [0.717, 1.165) is 12.2 Å². The van der Waals surface area contributed by atoms with Crippen molar-refractivity contribution in [2.45, 2.75) is 20.3 Å². The van der Waals surface area contributed by atoms with E-state index in [0.29, 0.717) is 13.0 Å². The number of carbonyl (C=O) groups excluding carboxylic acids is 3. The Morgan fingerprint density at radius 3 is 2.11 bits per heavy atom. The van der Waals surface area contributed by atoms with Crippen molar-refractivity contribution in [2.75, 3.05) is 26.8 Å². The van der Waals surface area contributed by atoms with Gasteiger partial charge in [-0.15, -0.1) is 0 Å². The second-order valence-corrected chi connectivity index (χ2v) is 3.42. The van der Waals surface area contributed by atoms with Crippen LogP contribution in [0.15, 0.2) is 12.2 Å². The first kappa shape index (κ1) is 16.1. The fourth-order valence-corrected chi connectivity index (χ4v) is 1.05. The van der Waals surface area contributed by atoms with E-state index in [4.69, 9.17) is 4.74 Å². The van der Waals surface area contributed by atoms with Crippen LogP contribution in [0.1, 0.15) is 20.3 Å². The van der Waals surface area contributed by atoms with Gasteiger partial charge in [0.2, 0.25) is 5.91 Å². The first-order valence-corrected chi connectivity index (χ1v) is 5.76. The summed E-state index contributed by atoms with van der Waals surface area (Å²) in [5.41, 5.74) is 0. The fraction of sp³-hybridized carbons (Fsp3) is 0.583. The average Bonchev–Trinajstić information content (AvgIpc) is 2.35. The minimum absolute atomic E-state index is 0.0203. The van der Waals surface area contributed by atoms with Gasteiger partial charge >= 0.3 is 11.9 Å². The summed E-state index contributed by atoms with van der Waals surface area (Å²) in [4.78, 5) is 34.7. The summed E-state index contributed by atoms with van der Waals surface area (Å²) in [7, 11) is 1.63. The zero-order valence-corrected chi connectivity index (χ0v) is 11.0. The van der Waals surface area contributed by atoms with Crippen LogP contribution in [0.25, 0.3) is 0 Å². The smallest absolute Gasteiger partial charge is 0.331 e. The van der Waals surface area contributed by atoms with E-state index in [1.807, 2.05) is 0 Å². The molecule has 102 valence electrons. The second-order valence-electron chi connectivity index (χ2n) is 3.42. The van der Waals surface area contributed by atoms with E-state index in [2.05, 4.69) is 4.74 Å². The van der Waals surface area contributed by atoms with Crippen LogP contribution in [-0.2, 0) is 23.9 Å². The summed E-state index contributed by atoms with van der Waals surface area (Å²) in [6.07, 6.45) is 2.42. The number of ether oxygens (including phenoxy) is 2. The Balaban J connectivity index is 3.84. The molecule has 0 bridgehead atoms. The quantitative estimate of drug-likeness (QED) is 0.491. The first-order valence-electron chi connectivity index (χ1n) is 5.76. The minimum atomic E-state index is -0.639. The summed E-state index contributed by atoms with van der Waals surface area (Å²) in [6.45, 7) is 4.10. The summed E-state index contributed by atoms with van der Waals surface area (Å²) in [6, 6.07) is 0. The third kappa shape index (κ3) is 7.43. The van der Waals surface area contributed by atoms with Gasteiger partial charge in [-0.25, -0.2) is 9.59 Å². The molecule has 0 saturated heterocycles. The maximum atomic E-state index is 11.2. The van der Waals surface area contributed by atoms with Crippen LogP contribution in [0, 0.1) is 0 Å². The highest BCUT2D eigenvalue weighted by atomic mass is 16.5. The molecule has 0 radical (unpaired) electrons. The van der Waals surface area contributed by atoms with Crippen molar-refractivity contribution in [2.24, 2.45) is 0 Å². The average molecular weight is 257 g/mol. The van der Waals surface area contributed by atoms with Gasteiger partial charge in [0, 0.05) is 25.6 Å². The van der Waals surface area contributed by atoms with Crippen molar-refractivity contribution in [3.63, 3.8) is 0 Å². The lowest BCUT2D eigenvalue weighted by atomic mass is 10.4. The van der Waals surface area contributed by atoms with Gasteiger partial charge < -0.3 is 14.4 Å². The lowest BCUT2D eigenvalue weighted by Gasteiger charge is -2.15. The lowest BCUT2D eigenvalue weighted by molar-refractivity contribution is -0.141. The van der Waals surface area contributed by atoms with Crippen LogP contribution >= 0.6 is 0 Å². The number of esters is 2. The van der Waals surface area contributed by atoms with Gasteiger partial charge in [-0.3, -0.25) is 4.79 Å². The number of rotatable bonds is 7. The molecule has 0 N–H and O–H groups in total. The highest BCUT2D eigenvalue weighted by Crippen LogP contribution is 1.91. The van der Waals surface area contributed by atoms with E-state index < -0.39 is 11.9 Å². The van der Waals surface area contributed by atoms with Crippen LogP contribution in [0.5, 0.6) is 0 Å². The molecule has 0 unspecified atom stereocenters. The molecule has 6 nitrogen and oxygen atoms in total. The number of carbonyl (C=O) groups is 3. The monoisotopic (exact) mass is 257 g/mol. The molecule has 0 atom stereocenters. The van der Waals surface area contributed by atoms with E-state index in [1.165, 1.54) is 4.90 Å². The third-order valence-corrected chi connectivity index (χ3v) is 2.04. The molecule has 0 aliphatic rings.